The topological polar surface area (TPSA) is 71.7 Å². The fraction of sp³-hybridized carbons (Fsp3) is 0.269. The summed E-state index contributed by atoms with van der Waals surface area (Å²) < 4.78 is 10.9. The number of phenols is 1. The molecule has 0 saturated heterocycles. The fourth-order valence-electron chi connectivity index (χ4n) is 3.33. The van der Waals surface area contributed by atoms with E-state index in [1.807, 2.05) is 52.8 Å². The first kappa shape index (κ1) is 22.2. The number of aryl methyl sites for hydroxylation is 2. The Labute approximate surface area is 183 Å². The van der Waals surface area contributed by atoms with E-state index in [4.69, 9.17) is 9.15 Å². The third-order valence-corrected chi connectivity index (χ3v) is 4.98. The summed E-state index contributed by atoms with van der Waals surface area (Å²) in [5.74, 6) is 1.11. The molecule has 0 bridgehead atoms. The molecule has 2 N–H and O–H groups in total. The predicted octanol–water partition coefficient (Wildman–Crippen LogP) is 5.78. The summed E-state index contributed by atoms with van der Waals surface area (Å²) in [5, 5.41) is 13.4. The molecule has 162 valence electrons. The van der Waals surface area contributed by atoms with Gasteiger partial charge in [-0.2, -0.15) is 0 Å². The van der Waals surface area contributed by atoms with Crippen molar-refractivity contribution in [2.24, 2.45) is 0 Å². The number of furan rings is 1. The Kier molecular flexibility index (Phi) is 6.85. The van der Waals surface area contributed by atoms with Gasteiger partial charge in [0.15, 0.2) is 11.5 Å². The smallest absolute Gasteiger partial charge is 0.247 e. The second kappa shape index (κ2) is 9.56. The van der Waals surface area contributed by atoms with E-state index in [1.165, 1.54) is 0 Å². The van der Waals surface area contributed by atoms with Crippen molar-refractivity contribution in [3.8, 4) is 22.6 Å². The number of aromatic hydroxyl groups is 1. The summed E-state index contributed by atoms with van der Waals surface area (Å²) in [6.45, 7) is 10.00. The molecule has 0 atom stereocenters. The summed E-state index contributed by atoms with van der Waals surface area (Å²) in [6, 6.07) is 13.2. The normalized spacial score (nSPS) is 11.6. The van der Waals surface area contributed by atoms with Gasteiger partial charge in [0.2, 0.25) is 5.91 Å². The van der Waals surface area contributed by atoms with E-state index in [0.717, 1.165) is 27.8 Å². The molecule has 3 rings (SSSR count). The summed E-state index contributed by atoms with van der Waals surface area (Å²) in [5.41, 5.74) is 5.69. The average Bonchev–Trinajstić information content (AvgIpc) is 3.22. The van der Waals surface area contributed by atoms with Crippen molar-refractivity contribution in [2.75, 3.05) is 0 Å². The number of ether oxygens (including phenoxy) is 1. The Bertz CT molecular complexity index is 1090. The maximum Gasteiger partial charge on any atom is 0.247 e. The molecule has 2 aromatic carbocycles. The van der Waals surface area contributed by atoms with Gasteiger partial charge in [-0.1, -0.05) is 18.2 Å². The van der Waals surface area contributed by atoms with Gasteiger partial charge in [0, 0.05) is 11.6 Å². The number of nitrogens with one attached hydrogen (secondary N) is 1. The Morgan fingerprint density at radius 1 is 1.16 bits per heavy atom. The zero-order valence-corrected chi connectivity index (χ0v) is 18.7. The largest absolute Gasteiger partial charge is 0.504 e. The monoisotopic (exact) mass is 419 g/mol. The zero-order valence-electron chi connectivity index (χ0n) is 18.7. The van der Waals surface area contributed by atoms with Crippen LogP contribution < -0.4 is 10.1 Å². The summed E-state index contributed by atoms with van der Waals surface area (Å²) in [7, 11) is 0. The zero-order chi connectivity index (χ0) is 22.5. The maximum atomic E-state index is 12.2. The number of hydrogen-bond acceptors (Lipinski definition) is 4. The molecule has 5 nitrogen and oxygen atoms in total. The van der Waals surface area contributed by atoms with E-state index in [2.05, 4.69) is 17.4 Å². The minimum Gasteiger partial charge on any atom is -0.504 e. The molecule has 1 amide bonds. The van der Waals surface area contributed by atoms with Crippen LogP contribution in [0.1, 0.15) is 43.2 Å². The Balaban J connectivity index is 1.82. The molecule has 3 aromatic rings. The van der Waals surface area contributed by atoms with Crippen molar-refractivity contribution >= 4 is 12.0 Å². The van der Waals surface area contributed by atoms with E-state index in [1.54, 1.807) is 24.5 Å². The van der Waals surface area contributed by atoms with Gasteiger partial charge in [0.1, 0.15) is 12.4 Å². The molecular weight excluding hydrogens is 390 g/mol. The van der Waals surface area contributed by atoms with Gasteiger partial charge in [-0.3, -0.25) is 4.79 Å². The summed E-state index contributed by atoms with van der Waals surface area (Å²) in [6.07, 6.45) is 3.50. The van der Waals surface area contributed by atoms with E-state index >= 15 is 0 Å². The van der Waals surface area contributed by atoms with Crippen molar-refractivity contribution < 1.29 is 19.1 Å². The van der Waals surface area contributed by atoms with Crippen LogP contribution in [0, 0.1) is 13.8 Å². The second-order valence-electron chi connectivity index (χ2n) is 8.03. The van der Waals surface area contributed by atoms with Gasteiger partial charge >= 0.3 is 0 Å². The van der Waals surface area contributed by atoms with E-state index in [9.17, 15) is 9.90 Å². The molecule has 1 aromatic heterocycles. The van der Waals surface area contributed by atoms with Crippen LogP contribution in [-0.4, -0.2) is 17.1 Å². The standard InChI is InChI=1S/C26H29NO4/c1-16(2)27-26(29)19(5)12-21-11-18(4)23(13-17(21)3)20-8-9-25(24(28)14-20)31-15-22-7-6-10-30-22/h6-14,16,28H,15H2,1-5H3,(H,27,29)/b19-12+. The summed E-state index contributed by atoms with van der Waals surface area (Å²) >= 11 is 0. The Morgan fingerprint density at radius 2 is 1.94 bits per heavy atom. The molecule has 0 fully saturated rings. The summed E-state index contributed by atoms with van der Waals surface area (Å²) in [4.78, 5) is 12.2. The lowest BCUT2D eigenvalue weighted by Gasteiger charge is -2.14. The molecule has 0 aliphatic rings. The maximum absolute atomic E-state index is 12.2. The Hall–Kier alpha value is -3.47. The highest BCUT2D eigenvalue weighted by molar-refractivity contribution is 5.97. The van der Waals surface area contributed by atoms with Gasteiger partial charge < -0.3 is 19.6 Å². The number of carbonyl (C=O) groups excluding carboxylic acids is 1. The third kappa shape index (κ3) is 5.57. The fourth-order valence-corrected chi connectivity index (χ4v) is 3.33. The number of phenolic OH excluding ortho intramolecular Hbond substituents is 1. The molecule has 0 unspecified atom stereocenters. The molecule has 1 heterocycles. The molecule has 0 radical (unpaired) electrons. The van der Waals surface area contributed by atoms with Crippen molar-refractivity contribution in [1.82, 2.24) is 5.32 Å². The van der Waals surface area contributed by atoms with Gasteiger partial charge in [0.05, 0.1) is 6.26 Å². The predicted molar refractivity (Wildman–Crippen MR) is 123 cm³/mol. The SMILES string of the molecule is C/C(=C\c1cc(C)c(-c2ccc(OCc3ccco3)c(O)c2)cc1C)C(=O)NC(C)C. The number of rotatable bonds is 7. The first-order valence-electron chi connectivity index (χ1n) is 10.3. The van der Waals surface area contributed by atoms with Crippen LogP contribution in [0.25, 0.3) is 17.2 Å². The van der Waals surface area contributed by atoms with Crippen LogP contribution in [0.3, 0.4) is 0 Å². The lowest BCUT2D eigenvalue weighted by atomic mass is 9.94. The minimum absolute atomic E-state index is 0.0637. The molecule has 0 aliphatic carbocycles. The molecule has 0 spiro atoms. The van der Waals surface area contributed by atoms with Crippen molar-refractivity contribution in [2.45, 2.75) is 47.3 Å². The molecule has 31 heavy (non-hydrogen) atoms. The first-order chi connectivity index (χ1) is 14.7. The van der Waals surface area contributed by atoms with Crippen LogP contribution in [0.5, 0.6) is 11.5 Å². The molecule has 0 saturated carbocycles. The average molecular weight is 420 g/mol. The van der Waals surface area contributed by atoms with Gasteiger partial charge in [-0.25, -0.2) is 0 Å². The van der Waals surface area contributed by atoms with Crippen LogP contribution in [0.4, 0.5) is 0 Å². The molecular formula is C26H29NO4. The van der Waals surface area contributed by atoms with Crippen LogP contribution >= 0.6 is 0 Å². The third-order valence-electron chi connectivity index (χ3n) is 4.98. The van der Waals surface area contributed by atoms with E-state index < -0.39 is 0 Å². The van der Waals surface area contributed by atoms with Gasteiger partial charge in [-0.15, -0.1) is 0 Å². The minimum atomic E-state index is -0.0637. The number of benzene rings is 2. The van der Waals surface area contributed by atoms with Gasteiger partial charge in [0.25, 0.3) is 0 Å². The lowest BCUT2D eigenvalue weighted by Crippen LogP contribution is -2.30. The van der Waals surface area contributed by atoms with Gasteiger partial charge in [-0.05, 0) is 92.8 Å². The first-order valence-corrected chi connectivity index (χ1v) is 10.3. The number of amides is 1. The van der Waals surface area contributed by atoms with E-state index in [0.29, 0.717) is 17.1 Å². The van der Waals surface area contributed by atoms with Crippen molar-refractivity contribution in [1.29, 1.82) is 0 Å². The van der Waals surface area contributed by atoms with Crippen LogP contribution in [0.15, 0.2) is 58.7 Å². The number of carbonyl (C=O) groups is 1. The van der Waals surface area contributed by atoms with Crippen molar-refractivity contribution in [3.63, 3.8) is 0 Å². The second-order valence-corrected chi connectivity index (χ2v) is 8.03. The highest BCUT2D eigenvalue weighted by Crippen LogP contribution is 2.34. The van der Waals surface area contributed by atoms with Crippen LogP contribution in [-0.2, 0) is 11.4 Å². The highest BCUT2D eigenvalue weighted by Gasteiger charge is 2.12. The Morgan fingerprint density at radius 3 is 2.58 bits per heavy atom. The van der Waals surface area contributed by atoms with Crippen LogP contribution in [0.2, 0.25) is 0 Å². The number of hydrogen-bond donors (Lipinski definition) is 2. The highest BCUT2D eigenvalue weighted by atomic mass is 16.5. The molecule has 5 heteroatoms. The molecule has 0 aliphatic heterocycles. The lowest BCUT2D eigenvalue weighted by molar-refractivity contribution is -0.117. The van der Waals surface area contributed by atoms with E-state index in [-0.39, 0.29) is 24.3 Å². The quantitative estimate of drug-likeness (QED) is 0.477. The van der Waals surface area contributed by atoms with Crippen molar-refractivity contribution in [3.05, 3.63) is 76.8 Å².